The van der Waals surface area contributed by atoms with Crippen LogP contribution in [0.5, 0.6) is 5.75 Å². The van der Waals surface area contributed by atoms with Gasteiger partial charge in [-0.05, 0) is 30.3 Å². The quantitative estimate of drug-likeness (QED) is 0.362. The van der Waals surface area contributed by atoms with Crippen LogP contribution in [0.2, 0.25) is 0 Å². The molecule has 0 aliphatic carbocycles. The van der Waals surface area contributed by atoms with Crippen LogP contribution >= 0.6 is 0 Å². The van der Waals surface area contributed by atoms with Gasteiger partial charge >= 0.3 is 5.97 Å². The maximum Gasteiger partial charge on any atom is 0.345 e. The fourth-order valence-electron chi connectivity index (χ4n) is 2.15. The minimum absolute atomic E-state index is 0.0229. The summed E-state index contributed by atoms with van der Waals surface area (Å²) in [5.74, 6) is -1.08. The van der Waals surface area contributed by atoms with Crippen LogP contribution in [-0.4, -0.2) is 16.7 Å². The molecule has 1 heterocycles. The van der Waals surface area contributed by atoms with E-state index in [1.54, 1.807) is 26.0 Å². The first-order valence-corrected chi connectivity index (χ1v) is 7.07. The normalized spacial score (nSPS) is 15.5. The van der Waals surface area contributed by atoms with Crippen molar-refractivity contribution in [1.82, 2.24) is 0 Å². The third kappa shape index (κ3) is 3.22. The largest absolute Gasteiger partial charge is 0.452 e. The Balaban J connectivity index is 1.82. The highest BCUT2D eigenvalue weighted by Gasteiger charge is 2.33. The lowest BCUT2D eigenvalue weighted by molar-refractivity contribution is -0.384. The van der Waals surface area contributed by atoms with Crippen molar-refractivity contribution in [3.63, 3.8) is 0 Å². The van der Waals surface area contributed by atoms with E-state index in [2.05, 4.69) is 10.2 Å². The topological polar surface area (TPSA) is 103 Å². The van der Waals surface area contributed by atoms with Crippen molar-refractivity contribution in [3.05, 3.63) is 58.1 Å². The zero-order chi connectivity index (χ0) is 17.3. The van der Waals surface area contributed by atoms with Gasteiger partial charge in [-0.15, -0.1) is 0 Å². The number of nitro benzene ring substituents is 1. The highest BCUT2D eigenvalue weighted by Crippen LogP contribution is 2.34. The number of nitrogens with zero attached hydrogens (tertiary/aromatic N) is 3. The first-order chi connectivity index (χ1) is 11.3. The highest BCUT2D eigenvalue weighted by atomic mass is 16.7. The molecular formula is C16H13N3O5. The predicted octanol–water partition coefficient (Wildman–Crippen LogP) is 4.30. The third-order valence-corrected chi connectivity index (χ3v) is 3.22. The van der Waals surface area contributed by atoms with Gasteiger partial charge in [0.15, 0.2) is 0 Å². The fourth-order valence-corrected chi connectivity index (χ4v) is 2.15. The zero-order valence-corrected chi connectivity index (χ0v) is 12.9. The average Bonchev–Trinajstić information content (AvgIpc) is 2.52. The minimum atomic E-state index is -1.01. The molecule has 0 bridgehead atoms. The number of benzene rings is 2. The van der Waals surface area contributed by atoms with Gasteiger partial charge in [0.1, 0.15) is 11.3 Å². The Morgan fingerprint density at radius 2 is 1.62 bits per heavy atom. The van der Waals surface area contributed by atoms with Crippen molar-refractivity contribution in [3.8, 4) is 5.75 Å². The molecule has 3 rings (SSSR count). The molecule has 0 amide bonds. The highest BCUT2D eigenvalue weighted by molar-refractivity contribution is 5.94. The van der Waals surface area contributed by atoms with Gasteiger partial charge in [-0.1, -0.05) is 0 Å². The van der Waals surface area contributed by atoms with Crippen molar-refractivity contribution in [2.24, 2.45) is 10.2 Å². The lowest BCUT2D eigenvalue weighted by Gasteiger charge is -2.31. The third-order valence-electron chi connectivity index (χ3n) is 3.22. The van der Waals surface area contributed by atoms with E-state index < -0.39 is 16.7 Å². The lowest BCUT2D eigenvalue weighted by Crippen LogP contribution is -2.38. The summed E-state index contributed by atoms with van der Waals surface area (Å²) in [6.07, 6.45) is 0. The maximum atomic E-state index is 12.0. The molecule has 122 valence electrons. The van der Waals surface area contributed by atoms with Crippen molar-refractivity contribution < 1.29 is 19.2 Å². The number of non-ortho nitro benzene ring substituents is 1. The van der Waals surface area contributed by atoms with Crippen LogP contribution in [-0.2, 0) is 4.74 Å². The number of cyclic esters (lactones) is 1. The zero-order valence-electron chi connectivity index (χ0n) is 12.9. The fraction of sp³-hybridized carbons (Fsp3) is 0.188. The van der Waals surface area contributed by atoms with Gasteiger partial charge < -0.3 is 9.47 Å². The van der Waals surface area contributed by atoms with Gasteiger partial charge in [-0.3, -0.25) is 10.1 Å². The summed E-state index contributed by atoms with van der Waals surface area (Å²) in [5.41, 5.74) is 1.14. The van der Waals surface area contributed by atoms with Crippen molar-refractivity contribution in [2.45, 2.75) is 19.6 Å². The molecule has 0 spiro atoms. The Morgan fingerprint density at radius 3 is 2.29 bits per heavy atom. The van der Waals surface area contributed by atoms with E-state index in [1.165, 1.54) is 30.3 Å². The van der Waals surface area contributed by atoms with Gasteiger partial charge in [-0.2, -0.15) is 10.2 Å². The second-order valence-corrected chi connectivity index (χ2v) is 5.55. The Labute approximate surface area is 136 Å². The molecule has 24 heavy (non-hydrogen) atoms. The van der Waals surface area contributed by atoms with E-state index in [1.807, 2.05) is 0 Å². The van der Waals surface area contributed by atoms with Gasteiger partial charge in [0.25, 0.3) is 5.69 Å². The van der Waals surface area contributed by atoms with E-state index in [9.17, 15) is 14.9 Å². The molecule has 1 aliphatic heterocycles. The number of azo groups is 1. The number of hydrogen-bond acceptors (Lipinski definition) is 7. The number of esters is 1. The second kappa shape index (κ2) is 5.73. The summed E-state index contributed by atoms with van der Waals surface area (Å²) in [4.78, 5) is 22.1. The summed E-state index contributed by atoms with van der Waals surface area (Å²) < 4.78 is 10.7. The molecule has 2 aromatic rings. The van der Waals surface area contributed by atoms with Crippen molar-refractivity contribution >= 4 is 23.0 Å². The molecule has 0 fully saturated rings. The number of hydrogen-bond donors (Lipinski definition) is 0. The Hall–Kier alpha value is -3.29. The van der Waals surface area contributed by atoms with Gasteiger partial charge in [0.05, 0.1) is 16.3 Å². The van der Waals surface area contributed by atoms with E-state index in [-0.39, 0.29) is 11.3 Å². The van der Waals surface area contributed by atoms with E-state index >= 15 is 0 Å². The van der Waals surface area contributed by atoms with Crippen LogP contribution in [0.15, 0.2) is 52.7 Å². The molecule has 0 aromatic heterocycles. The second-order valence-electron chi connectivity index (χ2n) is 5.55. The molecule has 0 saturated carbocycles. The number of carbonyl (C=O) groups excluding carboxylic acids is 1. The number of nitro groups is 1. The van der Waals surface area contributed by atoms with Gasteiger partial charge in [-0.25, -0.2) is 4.79 Å². The molecular weight excluding hydrogens is 314 g/mol. The summed E-state index contributed by atoms with van der Waals surface area (Å²) >= 11 is 0. The minimum Gasteiger partial charge on any atom is -0.452 e. The molecule has 0 unspecified atom stereocenters. The summed E-state index contributed by atoms with van der Waals surface area (Å²) in [5, 5.41) is 18.6. The van der Waals surface area contributed by atoms with Crippen molar-refractivity contribution in [2.75, 3.05) is 0 Å². The van der Waals surface area contributed by atoms with Crippen LogP contribution in [0.4, 0.5) is 17.1 Å². The SMILES string of the molecule is CC1(C)OC(=O)c2cc(N=Nc3ccc([N+](=O)[O-])cc3)ccc2O1. The van der Waals surface area contributed by atoms with Crippen molar-refractivity contribution in [1.29, 1.82) is 0 Å². The maximum absolute atomic E-state index is 12.0. The number of carbonyl (C=O) groups is 1. The van der Waals surface area contributed by atoms with Gasteiger partial charge in [0.2, 0.25) is 5.79 Å². The van der Waals surface area contributed by atoms with Crippen LogP contribution in [0.1, 0.15) is 24.2 Å². The average molecular weight is 327 g/mol. The van der Waals surface area contributed by atoms with E-state index in [0.717, 1.165) is 0 Å². The van der Waals surface area contributed by atoms with E-state index in [0.29, 0.717) is 17.1 Å². The Bertz CT molecular complexity index is 843. The summed E-state index contributed by atoms with van der Waals surface area (Å²) in [7, 11) is 0. The summed E-state index contributed by atoms with van der Waals surface area (Å²) in [6.45, 7) is 3.30. The lowest BCUT2D eigenvalue weighted by atomic mass is 10.1. The predicted molar refractivity (Wildman–Crippen MR) is 83.8 cm³/mol. The molecule has 8 nitrogen and oxygen atoms in total. The molecule has 0 N–H and O–H groups in total. The van der Waals surface area contributed by atoms with Crippen LogP contribution in [0, 0.1) is 10.1 Å². The van der Waals surface area contributed by atoms with Crippen LogP contribution in [0.25, 0.3) is 0 Å². The number of ether oxygens (including phenoxy) is 2. The molecule has 0 atom stereocenters. The first-order valence-electron chi connectivity index (χ1n) is 7.07. The molecule has 2 aromatic carbocycles. The first kappa shape index (κ1) is 15.6. The monoisotopic (exact) mass is 327 g/mol. The molecule has 0 saturated heterocycles. The molecule has 0 radical (unpaired) electrons. The van der Waals surface area contributed by atoms with Crippen LogP contribution < -0.4 is 4.74 Å². The Kier molecular flexibility index (Phi) is 3.72. The molecule has 8 heteroatoms. The smallest absolute Gasteiger partial charge is 0.345 e. The Morgan fingerprint density at radius 1 is 1.00 bits per heavy atom. The van der Waals surface area contributed by atoms with E-state index in [4.69, 9.17) is 9.47 Å². The number of fused-ring (bicyclic) bond motifs is 1. The number of rotatable bonds is 3. The standard InChI is InChI=1S/C16H13N3O5/c1-16(2)23-14-8-5-11(9-13(14)15(20)24-16)18-17-10-3-6-12(7-4-10)19(21)22/h3-9H,1-2H3. The van der Waals surface area contributed by atoms with Gasteiger partial charge in [0, 0.05) is 26.0 Å². The van der Waals surface area contributed by atoms with Crippen LogP contribution in [0.3, 0.4) is 0 Å². The molecule has 1 aliphatic rings. The summed E-state index contributed by atoms with van der Waals surface area (Å²) in [6, 6.07) is 10.5.